The predicted molar refractivity (Wildman–Crippen MR) is 141 cm³/mol. The zero-order valence-corrected chi connectivity index (χ0v) is 21.2. The number of aromatic nitrogens is 2. The lowest BCUT2D eigenvalue weighted by molar-refractivity contribution is 0.403. The third-order valence-electron chi connectivity index (χ3n) is 6.88. The summed E-state index contributed by atoms with van der Waals surface area (Å²) in [5, 5.41) is 0. The number of unbranched alkanes of at least 4 members (excludes halogenated alkanes) is 14. The molecule has 2 nitrogen and oxygen atoms in total. The van der Waals surface area contributed by atoms with E-state index in [1.807, 2.05) is 6.20 Å². The van der Waals surface area contributed by atoms with Crippen LogP contribution in [0.15, 0.2) is 42.7 Å². The topological polar surface area (TPSA) is 17.8 Å². The first-order chi connectivity index (χ1) is 15.9. The molecule has 1 aromatic carbocycles. The summed E-state index contributed by atoms with van der Waals surface area (Å²) in [6.07, 6.45) is 29.3. The molecule has 1 aromatic heterocycles. The van der Waals surface area contributed by atoms with Crippen LogP contribution in [0.25, 0.3) is 11.4 Å². The van der Waals surface area contributed by atoms with Gasteiger partial charge >= 0.3 is 0 Å². The highest BCUT2D eigenvalue weighted by Crippen LogP contribution is 2.28. The van der Waals surface area contributed by atoms with Crippen LogP contribution >= 0.6 is 0 Å². The van der Waals surface area contributed by atoms with Gasteiger partial charge in [-0.15, -0.1) is 0 Å². The first kappa shape index (κ1) is 26.7. The molecule has 1 heterocycles. The highest BCUT2D eigenvalue weighted by Gasteiger charge is 2.15. The number of hydrogen-bond acceptors (Lipinski definition) is 1. The molecule has 0 radical (unpaired) electrons. The van der Waals surface area contributed by atoms with Gasteiger partial charge in [-0.05, 0) is 12.8 Å². The molecule has 1 atom stereocenters. The third kappa shape index (κ3) is 10.8. The maximum absolute atomic E-state index is 4.70. The molecular weight excluding hydrogens is 388 g/mol. The molecule has 0 spiro atoms. The minimum Gasteiger partial charge on any atom is -0.328 e. The van der Waals surface area contributed by atoms with Crippen LogP contribution in [0.3, 0.4) is 0 Å². The average Bonchev–Trinajstić information content (AvgIpc) is 3.31. The molecule has 0 aliphatic rings. The van der Waals surface area contributed by atoms with Crippen molar-refractivity contribution in [3.63, 3.8) is 0 Å². The van der Waals surface area contributed by atoms with E-state index in [1.54, 1.807) is 0 Å². The fourth-order valence-corrected chi connectivity index (χ4v) is 4.86. The summed E-state index contributed by atoms with van der Waals surface area (Å²) < 4.78 is 2.45. The van der Waals surface area contributed by atoms with Crippen LogP contribution in [-0.2, 0) is 0 Å². The van der Waals surface area contributed by atoms with Crippen LogP contribution < -0.4 is 0 Å². The van der Waals surface area contributed by atoms with Crippen molar-refractivity contribution in [2.45, 2.75) is 135 Å². The maximum Gasteiger partial charge on any atom is 0.140 e. The van der Waals surface area contributed by atoms with Gasteiger partial charge in [-0.3, -0.25) is 0 Å². The Morgan fingerprint density at radius 2 is 1.12 bits per heavy atom. The maximum atomic E-state index is 4.70. The second kappa shape index (κ2) is 17.9. The van der Waals surface area contributed by atoms with Gasteiger partial charge in [0.15, 0.2) is 0 Å². The van der Waals surface area contributed by atoms with Crippen molar-refractivity contribution in [2.24, 2.45) is 0 Å². The minimum atomic E-state index is 0.588. The van der Waals surface area contributed by atoms with Gasteiger partial charge in [0.05, 0.1) is 0 Å². The predicted octanol–water partition coefficient (Wildman–Crippen LogP) is 10.2. The molecule has 0 bridgehead atoms. The Bertz CT molecular complexity index is 660. The summed E-state index contributed by atoms with van der Waals surface area (Å²) in [5.74, 6) is 1.14. The molecule has 2 aromatic rings. The zero-order valence-electron chi connectivity index (χ0n) is 21.2. The molecular formula is C30H50N2. The molecule has 2 heteroatoms. The second-order valence-corrected chi connectivity index (χ2v) is 9.71. The van der Waals surface area contributed by atoms with Crippen molar-refractivity contribution < 1.29 is 0 Å². The first-order valence-electron chi connectivity index (χ1n) is 13.9. The number of nitrogens with zero attached hydrogens (tertiary/aromatic N) is 2. The van der Waals surface area contributed by atoms with Gasteiger partial charge in [-0.1, -0.05) is 147 Å². The van der Waals surface area contributed by atoms with Crippen molar-refractivity contribution in [2.75, 3.05) is 0 Å². The van der Waals surface area contributed by atoms with Crippen molar-refractivity contribution in [1.29, 1.82) is 0 Å². The largest absolute Gasteiger partial charge is 0.328 e. The van der Waals surface area contributed by atoms with Crippen LogP contribution in [0, 0.1) is 0 Å². The van der Waals surface area contributed by atoms with Gasteiger partial charge in [-0.25, -0.2) is 4.98 Å². The van der Waals surface area contributed by atoms with E-state index in [1.165, 1.54) is 121 Å². The molecule has 32 heavy (non-hydrogen) atoms. The lowest BCUT2D eigenvalue weighted by Crippen LogP contribution is -2.10. The first-order valence-corrected chi connectivity index (χ1v) is 13.9. The van der Waals surface area contributed by atoms with E-state index in [-0.39, 0.29) is 0 Å². The Morgan fingerprint density at radius 1 is 0.625 bits per heavy atom. The van der Waals surface area contributed by atoms with E-state index < -0.39 is 0 Å². The van der Waals surface area contributed by atoms with E-state index in [4.69, 9.17) is 4.98 Å². The highest BCUT2D eigenvalue weighted by molar-refractivity contribution is 5.55. The Labute approximate surface area is 199 Å². The van der Waals surface area contributed by atoms with E-state index in [0.29, 0.717) is 6.04 Å². The van der Waals surface area contributed by atoms with E-state index in [2.05, 4.69) is 54.9 Å². The fraction of sp³-hybridized carbons (Fsp3) is 0.700. The van der Waals surface area contributed by atoms with E-state index >= 15 is 0 Å². The standard InChI is InChI=1S/C30H50N2/c1-3-5-7-8-9-10-11-12-13-14-15-16-17-21-25-29(24-6-4-2)32-27-26-31-30(32)28-22-19-18-20-23-28/h18-20,22-23,26-27,29H,3-17,21,24-25H2,1-2H3. The lowest BCUT2D eigenvalue weighted by atomic mass is 10.00. The van der Waals surface area contributed by atoms with Gasteiger partial charge < -0.3 is 4.57 Å². The summed E-state index contributed by atoms with van der Waals surface area (Å²) in [5.41, 5.74) is 1.24. The monoisotopic (exact) mass is 438 g/mol. The van der Waals surface area contributed by atoms with Gasteiger partial charge in [-0.2, -0.15) is 0 Å². The summed E-state index contributed by atoms with van der Waals surface area (Å²) in [4.78, 5) is 4.70. The smallest absolute Gasteiger partial charge is 0.140 e. The van der Waals surface area contributed by atoms with Crippen molar-refractivity contribution in [1.82, 2.24) is 9.55 Å². The Morgan fingerprint density at radius 3 is 1.69 bits per heavy atom. The summed E-state index contributed by atoms with van der Waals surface area (Å²) in [6.45, 7) is 4.60. The summed E-state index contributed by atoms with van der Waals surface area (Å²) in [7, 11) is 0. The Balaban J connectivity index is 1.60. The molecule has 0 aliphatic carbocycles. The Hall–Kier alpha value is -1.57. The normalized spacial score (nSPS) is 12.3. The third-order valence-corrected chi connectivity index (χ3v) is 6.88. The van der Waals surface area contributed by atoms with E-state index in [9.17, 15) is 0 Å². The summed E-state index contributed by atoms with van der Waals surface area (Å²) >= 11 is 0. The second-order valence-electron chi connectivity index (χ2n) is 9.71. The van der Waals surface area contributed by atoms with Gasteiger partial charge in [0.2, 0.25) is 0 Å². The average molecular weight is 439 g/mol. The number of benzene rings is 1. The van der Waals surface area contributed by atoms with Crippen LogP contribution in [-0.4, -0.2) is 9.55 Å². The van der Waals surface area contributed by atoms with Crippen LogP contribution in [0.5, 0.6) is 0 Å². The molecule has 0 N–H and O–H groups in total. The SMILES string of the molecule is CCCCCCCCCCCCCCCCC(CCCC)n1ccnc1-c1ccccc1. The van der Waals surface area contributed by atoms with Crippen molar-refractivity contribution in [3.8, 4) is 11.4 Å². The van der Waals surface area contributed by atoms with E-state index in [0.717, 1.165) is 5.82 Å². The van der Waals surface area contributed by atoms with Gasteiger partial charge in [0.25, 0.3) is 0 Å². The lowest BCUT2D eigenvalue weighted by Gasteiger charge is -2.21. The quantitative estimate of drug-likeness (QED) is 0.188. The molecule has 180 valence electrons. The molecule has 0 saturated heterocycles. The van der Waals surface area contributed by atoms with Crippen LogP contribution in [0.4, 0.5) is 0 Å². The number of imidazole rings is 1. The number of rotatable bonds is 20. The molecule has 0 amide bonds. The van der Waals surface area contributed by atoms with Gasteiger partial charge in [0.1, 0.15) is 5.82 Å². The molecule has 0 fully saturated rings. The van der Waals surface area contributed by atoms with Crippen molar-refractivity contribution in [3.05, 3.63) is 42.7 Å². The van der Waals surface area contributed by atoms with Gasteiger partial charge in [0, 0.05) is 24.0 Å². The minimum absolute atomic E-state index is 0.588. The molecule has 1 unspecified atom stereocenters. The summed E-state index contributed by atoms with van der Waals surface area (Å²) in [6, 6.07) is 11.3. The van der Waals surface area contributed by atoms with Crippen LogP contribution in [0.2, 0.25) is 0 Å². The zero-order chi connectivity index (χ0) is 22.7. The van der Waals surface area contributed by atoms with Crippen molar-refractivity contribution >= 4 is 0 Å². The highest BCUT2D eigenvalue weighted by atomic mass is 15.1. The molecule has 0 saturated carbocycles. The fourth-order valence-electron chi connectivity index (χ4n) is 4.86. The Kier molecular flexibility index (Phi) is 14.9. The van der Waals surface area contributed by atoms with Crippen LogP contribution in [0.1, 0.15) is 135 Å². The molecule has 0 aliphatic heterocycles. The number of hydrogen-bond donors (Lipinski definition) is 0. The molecule has 2 rings (SSSR count).